The van der Waals surface area contributed by atoms with Gasteiger partial charge >= 0.3 is 5.97 Å². The normalized spacial score (nSPS) is 15.1. The molecule has 1 atom stereocenters. The highest BCUT2D eigenvalue weighted by Crippen LogP contribution is 2.33. The van der Waals surface area contributed by atoms with Gasteiger partial charge in [0.05, 0.1) is 11.3 Å². The van der Waals surface area contributed by atoms with E-state index in [1.807, 2.05) is 0 Å². The second-order valence-electron chi connectivity index (χ2n) is 5.27. The van der Waals surface area contributed by atoms with Crippen molar-refractivity contribution in [2.24, 2.45) is 5.92 Å². The molecular weight excluding hydrogens is 272 g/mol. The summed E-state index contributed by atoms with van der Waals surface area (Å²) >= 11 is 0. The lowest BCUT2D eigenvalue weighted by molar-refractivity contribution is -0.139. The molecule has 1 aromatic carbocycles. The topological polar surface area (TPSA) is 95.5 Å². The number of benzene rings is 1. The Kier molecular flexibility index (Phi) is 4.57. The van der Waals surface area contributed by atoms with E-state index in [0.29, 0.717) is 18.0 Å². The van der Waals surface area contributed by atoms with Gasteiger partial charge in [0, 0.05) is 6.92 Å². The summed E-state index contributed by atoms with van der Waals surface area (Å²) in [6.07, 6.45) is 2.48. The minimum atomic E-state index is -1.03. The third-order valence-corrected chi connectivity index (χ3v) is 3.35. The van der Waals surface area contributed by atoms with Gasteiger partial charge in [0.1, 0.15) is 6.04 Å². The number of aliphatic carboxylic acids is 1. The van der Waals surface area contributed by atoms with Crippen molar-refractivity contribution in [2.75, 3.05) is 5.32 Å². The van der Waals surface area contributed by atoms with Gasteiger partial charge in [-0.05, 0) is 24.5 Å². The van der Waals surface area contributed by atoms with E-state index in [2.05, 4.69) is 10.6 Å². The second-order valence-corrected chi connectivity index (χ2v) is 5.27. The van der Waals surface area contributed by atoms with Crippen molar-refractivity contribution >= 4 is 23.5 Å². The number of carbonyl (C=O) groups excluding carboxylic acids is 2. The lowest BCUT2D eigenvalue weighted by Gasteiger charge is -2.16. The molecule has 0 radical (unpaired) electrons. The molecule has 0 spiro atoms. The summed E-state index contributed by atoms with van der Waals surface area (Å²) in [5.74, 6) is -1.43. The number of nitrogens with one attached hydrogen (secondary N) is 2. The van der Waals surface area contributed by atoms with E-state index >= 15 is 0 Å². The van der Waals surface area contributed by atoms with Gasteiger partial charge in [0.15, 0.2) is 0 Å². The van der Waals surface area contributed by atoms with Gasteiger partial charge in [-0.15, -0.1) is 0 Å². The number of rotatable bonds is 6. The molecule has 1 aliphatic rings. The maximum absolute atomic E-state index is 12.2. The fourth-order valence-electron chi connectivity index (χ4n) is 2.12. The minimum absolute atomic E-state index is 0.259. The zero-order chi connectivity index (χ0) is 15.4. The Morgan fingerprint density at radius 2 is 1.95 bits per heavy atom. The van der Waals surface area contributed by atoms with E-state index < -0.39 is 17.9 Å². The lowest BCUT2D eigenvalue weighted by atomic mass is 10.1. The summed E-state index contributed by atoms with van der Waals surface area (Å²) in [6.45, 7) is 1.35. The van der Waals surface area contributed by atoms with E-state index in [1.165, 1.54) is 6.92 Å². The highest BCUT2D eigenvalue weighted by Gasteiger charge is 2.30. The van der Waals surface area contributed by atoms with E-state index in [-0.39, 0.29) is 11.5 Å². The van der Waals surface area contributed by atoms with Crippen molar-refractivity contribution in [2.45, 2.75) is 32.2 Å². The van der Waals surface area contributed by atoms with Crippen molar-refractivity contribution < 1.29 is 19.5 Å². The molecule has 112 valence electrons. The average Bonchev–Trinajstić information content (AvgIpc) is 3.21. The maximum atomic E-state index is 12.2. The maximum Gasteiger partial charge on any atom is 0.326 e. The Morgan fingerprint density at radius 3 is 2.52 bits per heavy atom. The molecule has 1 saturated carbocycles. The highest BCUT2D eigenvalue weighted by molar-refractivity contribution is 6.04. The average molecular weight is 290 g/mol. The van der Waals surface area contributed by atoms with Crippen LogP contribution in [-0.4, -0.2) is 28.9 Å². The van der Waals surface area contributed by atoms with Crippen LogP contribution in [0, 0.1) is 5.92 Å². The van der Waals surface area contributed by atoms with Gasteiger partial charge in [-0.25, -0.2) is 4.79 Å². The number of para-hydroxylation sites is 1. The summed E-state index contributed by atoms with van der Waals surface area (Å²) in [4.78, 5) is 34.6. The summed E-state index contributed by atoms with van der Waals surface area (Å²) in [7, 11) is 0. The van der Waals surface area contributed by atoms with Crippen LogP contribution in [0.5, 0.6) is 0 Å². The Labute approximate surface area is 122 Å². The van der Waals surface area contributed by atoms with Gasteiger partial charge < -0.3 is 15.7 Å². The second kappa shape index (κ2) is 6.39. The molecule has 0 aliphatic heterocycles. The van der Waals surface area contributed by atoms with Gasteiger partial charge in [0.2, 0.25) is 5.91 Å². The summed E-state index contributed by atoms with van der Waals surface area (Å²) in [6, 6.07) is 5.62. The molecule has 0 bridgehead atoms. The standard InChI is InChI=1S/C15H18N2O4/c1-9(18)16-12-5-3-2-4-11(12)14(19)17-13(15(20)21)8-10-6-7-10/h2-5,10,13H,6-8H2,1H3,(H,16,18)(H,17,19)(H,20,21)/t13-/m1/s1. The molecule has 1 fully saturated rings. The predicted molar refractivity (Wildman–Crippen MR) is 77.0 cm³/mol. The first-order valence-corrected chi connectivity index (χ1v) is 6.87. The van der Waals surface area contributed by atoms with Crippen molar-refractivity contribution in [3.63, 3.8) is 0 Å². The molecular formula is C15H18N2O4. The summed E-state index contributed by atoms with van der Waals surface area (Å²) in [5, 5.41) is 14.3. The Hall–Kier alpha value is -2.37. The van der Waals surface area contributed by atoms with Crippen molar-refractivity contribution in [1.29, 1.82) is 0 Å². The SMILES string of the molecule is CC(=O)Nc1ccccc1C(=O)N[C@H](CC1CC1)C(=O)O. The van der Waals surface area contributed by atoms with Gasteiger partial charge in [0.25, 0.3) is 5.91 Å². The van der Waals surface area contributed by atoms with E-state index in [4.69, 9.17) is 0 Å². The Morgan fingerprint density at radius 1 is 1.29 bits per heavy atom. The largest absolute Gasteiger partial charge is 0.480 e. The molecule has 21 heavy (non-hydrogen) atoms. The number of carbonyl (C=O) groups is 3. The number of carboxylic acid groups (broad SMARTS) is 1. The quantitative estimate of drug-likeness (QED) is 0.742. The van der Waals surface area contributed by atoms with Crippen LogP contribution >= 0.6 is 0 Å². The number of carboxylic acids is 1. The van der Waals surface area contributed by atoms with Crippen LogP contribution in [0.15, 0.2) is 24.3 Å². The fraction of sp³-hybridized carbons (Fsp3) is 0.400. The number of hydrogen-bond donors (Lipinski definition) is 3. The molecule has 2 rings (SSSR count). The molecule has 0 unspecified atom stereocenters. The van der Waals surface area contributed by atoms with Crippen molar-refractivity contribution in [1.82, 2.24) is 5.32 Å². The Balaban J connectivity index is 2.11. The van der Waals surface area contributed by atoms with Gasteiger partial charge in [-0.1, -0.05) is 25.0 Å². The van der Waals surface area contributed by atoms with Crippen LogP contribution in [0.1, 0.15) is 36.5 Å². The van der Waals surface area contributed by atoms with Crippen LogP contribution in [0.4, 0.5) is 5.69 Å². The van der Waals surface area contributed by atoms with Gasteiger partial charge in [-0.2, -0.15) is 0 Å². The van der Waals surface area contributed by atoms with Crippen LogP contribution in [0.2, 0.25) is 0 Å². The van der Waals surface area contributed by atoms with Crippen LogP contribution < -0.4 is 10.6 Å². The highest BCUT2D eigenvalue weighted by atomic mass is 16.4. The number of hydrogen-bond acceptors (Lipinski definition) is 3. The van der Waals surface area contributed by atoms with Crippen LogP contribution in [0.25, 0.3) is 0 Å². The molecule has 6 nitrogen and oxygen atoms in total. The monoisotopic (exact) mass is 290 g/mol. The molecule has 2 amide bonds. The first-order valence-electron chi connectivity index (χ1n) is 6.87. The molecule has 0 saturated heterocycles. The van der Waals surface area contributed by atoms with Crippen LogP contribution in [0.3, 0.4) is 0 Å². The molecule has 0 heterocycles. The number of anilines is 1. The van der Waals surface area contributed by atoms with Crippen molar-refractivity contribution in [3.8, 4) is 0 Å². The summed E-state index contributed by atoms with van der Waals surface area (Å²) < 4.78 is 0. The number of amides is 2. The van der Waals surface area contributed by atoms with E-state index in [9.17, 15) is 19.5 Å². The van der Waals surface area contributed by atoms with Crippen LogP contribution in [-0.2, 0) is 9.59 Å². The predicted octanol–water partition coefficient (Wildman–Crippen LogP) is 1.63. The third kappa shape index (κ3) is 4.30. The third-order valence-electron chi connectivity index (χ3n) is 3.35. The first kappa shape index (κ1) is 15.0. The first-order chi connectivity index (χ1) is 9.97. The Bertz CT molecular complexity index is 567. The van der Waals surface area contributed by atoms with E-state index in [0.717, 1.165) is 12.8 Å². The zero-order valence-electron chi connectivity index (χ0n) is 11.8. The molecule has 1 aliphatic carbocycles. The summed E-state index contributed by atoms with van der Waals surface area (Å²) in [5.41, 5.74) is 0.632. The van der Waals surface area contributed by atoms with Crippen molar-refractivity contribution in [3.05, 3.63) is 29.8 Å². The zero-order valence-corrected chi connectivity index (χ0v) is 11.8. The molecule has 6 heteroatoms. The van der Waals surface area contributed by atoms with E-state index in [1.54, 1.807) is 24.3 Å². The van der Waals surface area contributed by atoms with Gasteiger partial charge in [-0.3, -0.25) is 9.59 Å². The smallest absolute Gasteiger partial charge is 0.326 e. The minimum Gasteiger partial charge on any atom is -0.480 e. The lowest BCUT2D eigenvalue weighted by Crippen LogP contribution is -2.41. The molecule has 3 N–H and O–H groups in total. The molecule has 0 aromatic heterocycles. The fourth-order valence-corrected chi connectivity index (χ4v) is 2.12. The molecule has 1 aromatic rings.